The van der Waals surface area contributed by atoms with Gasteiger partial charge in [-0.3, -0.25) is 4.79 Å². The molecular weight excluding hydrogens is 465 g/mol. The third kappa shape index (κ3) is 5.46. The lowest BCUT2D eigenvalue weighted by molar-refractivity contribution is -0.136. The van der Waals surface area contributed by atoms with E-state index in [0.29, 0.717) is 23.7 Å². The largest absolute Gasteiger partial charge is 0.486 e. The number of hydrogen-bond acceptors (Lipinski definition) is 3. The fraction of sp³-hybridized carbons (Fsp3) is 0.281. The second kappa shape index (κ2) is 11.0. The molecule has 1 heterocycles. The molecule has 1 unspecified atom stereocenters. The van der Waals surface area contributed by atoms with Gasteiger partial charge in [-0.25, -0.2) is 4.39 Å². The van der Waals surface area contributed by atoms with Crippen molar-refractivity contribution in [3.05, 3.63) is 102 Å². The van der Waals surface area contributed by atoms with Crippen molar-refractivity contribution >= 4 is 28.1 Å². The van der Waals surface area contributed by atoms with Crippen LogP contribution in [0.15, 0.2) is 84.9 Å². The van der Waals surface area contributed by atoms with Crippen LogP contribution in [0.3, 0.4) is 0 Å². The van der Waals surface area contributed by atoms with Gasteiger partial charge in [-0.2, -0.15) is 0 Å². The summed E-state index contributed by atoms with van der Waals surface area (Å²) in [6.45, 7) is 2.82. The summed E-state index contributed by atoms with van der Waals surface area (Å²) in [5, 5.41) is 11.6. The van der Waals surface area contributed by atoms with Gasteiger partial charge in [0.25, 0.3) is 0 Å². The molecule has 190 valence electrons. The zero-order valence-corrected chi connectivity index (χ0v) is 21.1. The molecule has 1 N–H and O–H groups in total. The van der Waals surface area contributed by atoms with Gasteiger partial charge in [-0.15, -0.1) is 0 Å². The van der Waals surface area contributed by atoms with Crippen molar-refractivity contribution in [3.63, 3.8) is 0 Å². The zero-order chi connectivity index (χ0) is 25.8. The SMILES string of the molecule is C[C@@H](CCCC1CN(c2cccc(CCC(=O)O)c2F)c2ccccc2O1)c1cccc2ccccc12. The Bertz CT molecular complexity index is 1400. The Morgan fingerprint density at radius 2 is 1.73 bits per heavy atom. The summed E-state index contributed by atoms with van der Waals surface area (Å²) in [5.41, 5.74) is 3.09. The monoisotopic (exact) mass is 497 g/mol. The summed E-state index contributed by atoms with van der Waals surface area (Å²) < 4.78 is 21.9. The van der Waals surface area contributed by atoms with Crippen molar-refractivity contribution in [2.24, 2.45) is 0 Å². The Balaban J connectivity index is 1.31. The molecule has 0 amide bonds. The van der Waals surface area contributed by atoms with Crippen LogP contribution in [0.4, 0.5) is 15.8 Å². The van der Waals surface area contributed by atoms with Crippen LogP contribution in [0, 0.1) is 5.82 Å². The van der Waals surface area contributed by atoms with Gasteiger partial charge in [0, 0.05) is 6.42 Å². The molecule has 5 rings (SSSR count). The Kier molecular flexibility index (Phi) is 7.40. The lowest BCUT2D eigenvalue weighted by atomic mass is 9.90. The van der Waals surface area contributed by atoms with E-state index >= 15 is 4.39 Å². The summed E-state index contributed by atoms with van der Waals surface area (Å²) in [7, 11) is 0. The van der Waals surface area contributed by atoms with E-state index in [2.05, 4.69) is 49.4 Å². The standard InChI is InChI=1S/C32H32FNO3/c1-22(26-15-7-11-23-10-2-3-14-27(23)26)9-6-13-25-21-34(28-16-4-5-18-30(28)37-25)29-17-8-12-24(32(29)33)19-20-31(35)36/h2-5,7-8,10-12,14-18,22,25H,6,9,13,19-21H2,1H3,(H,35,36)/t22-,25?/m0/s1. The molecule has 0 saturated carbocycles. The molecule has 2 atom stereocenters. The van der Waals surface area contributed by atoms with Crippen LogP contribution in [-0.2, 0) is 11.2 Å². The molecule has 4 aromatic carbocycles. The molecule has 4 nitrogen and oxygen atoms in total. The molecule has 4 aromatic rings. The highest BCUT2D eigenvalue weighted by Gasteiger charge is 2.28. The predicted octanol–water partition coefficient (Wildman–Crippen LogP) is 7.87. The van der Waals surface area contributed by atoms with Gasteiger partial charge >= 0.3 is 5.97 Å². The van der Waals surface area contributed by atoms with Crippen LogP contribution >= 0.6 is 0 Å². The van der Waals surface area contributed by atoms with E-state index in [4.69, 9.17) is 9.84 Å². The van der Waals surface area contributed by atoms with Gasteiger partial charge in [-0.05, 0) is 71.7 Å². The Hall–Kier alpha value is -3.86. The number of rotatable bonds is 9. The molecule has 0 bridgehead atoms. The van der Waals surface area contributed by atoms with Crippen molar-refractivity contribution in [3.8, 4) is 5.75 Å². The summed E-state index contributed by atoms with van der Waals surface area (Å²) in [6, 6.07) is 28.0. The van der Waals surface area contributed by atoms with E-state index in [9.17, 15) is 4.79 Å². The van der Waals surface area contributed by atoms with Crippen LogP contribution in [0.5, 0.6) is 5.75 Å². The molecule has 0 fully saturated rings. The number of anilines is 2. The van der Waals surface area contributed by atoms with E-state index in [-0.39, 0.29) is 24.8 Å². The number of carboxylic acid groups (broad SMARTS) is 1. The van der Waals surface area contributed by atoms with Crippen molar-refractivity contribution in [2.75, 3.05) is 11.4 Å². The minimum absolute atomic E-state index is 0.0725. The number of nitrogens with zero attached hydrogens (tertiary/aromatic N) is 1. The molecule has 1 aliphatic rings. The molecule has 0 radical (unpaired) electrons. The quantitative estimate of drug-likeness (QED) is 0.256. The number of halogens is 1. The number of aliphatic carboxylic acids is 1. The van der Waals surface area contributed by atoms with Crippen molar-refractivity contribution in [1.82, 2.24) is 0 Å². The van der Waals surface area contributed by atoms with Gasteiger partial charge < -0.3 is 14.7 Å². The minimum atomic E-state index is -0.931. The first-order valence-electron chi connectivity index (χ1n) is 13.0. The molecule has 1 aliphatic heterocycles. The smallest absolute Gasteiger partial charge is 0.303 e. The molecule has 0 aliphatic carbocycles. The predicted molar refractivity (Wildman–Crippen MR) is 146 cm³/mol. The second-order valence-electron chi connectivity index (χ2n) is 9.86. The maximum absolute atomic E-state index is 15.5. The molecule has 5 heteroatoms. The third-order valence-electron chi connectivity index (χ3n) is 7.31. The summed E-state index contributed by atoms with van der Waals surface area (Å²) in [5.74, 6) is -0.124. The molecule has 0 aromatic heterocycles. The summed E-state index contributed by atoms with van der Waals surface area (Å²) >= 11 is 0. The van der Waals surface area contributed by atoms with Crippen LogP contribution in [0.25, 0.3) is 10.8 Å². The van der Waals surface area contributed by atoms with Gasteiger partial charge in [0.15, 0.2) is 0 Å². The normalized spacial score (nSPS) is 15.7. The van der Waals surface area contributed by atoms with Gasteiger partial charge in [0.05, 0.1) is 17.9 Å². The van der Waals surface area contributed by atoms with Crippen LogP contribution < -0.4 is 9.64 Å². The average Bonchev–Trinajstić information content (AvgIpc) is 2.91. The molecule has 0 saturated heterocycles. The lowest BCUT2D eigenvalue weighted by Crippen LogP contribution is -2.37. The summed E-state index contributed by atoms with van der Waals surface area (Å²) in [6.07, 6.45) is 2.88. The van der Waals surface area contributed by atoms with Crippen molar-refractivity contribution in [1.29, 1.82) is 0 Å². The first-order chi connectivity index (χ1) is 18.0. The second-order valence-corrected chi connectivity index (χ2v) is 9.86. The zero-order valence-electron chi connectivity index (χ0n) is 21.1. The van der Waals surface area contributed by atoms with E-state index in [1.807, 2.05) is 29.2 Å². The highest BCUT2D eigenvalue weighted by molar-refractivity contribution is 5.86. The number of carbonyl (C=O) groups is 1. The third-order valence-corrected chi connectivity index (χ3v) is 7.31. The van der Waals surface area contributed by atoms with Gasteiger partial charge in [0.2, 0.25) is 0 Å². The molecule has 37 heavy (non-hydrogen) atoms. The Morgan fingerprint density at radius 3 is 2.59 bits per heavy atom. The summed E-state index contributed by atoms with van der Waals surface area (Å²) in [4.78, 5) is 13.0. The number of fused-ring (bicyclic) bond motifs is 2. The molecule has 0 spiro atoms. The number of ether oxygens (including phenoxy) is 1. The lowest BCUT2D eigenvalue weighted by Gasteiger charge is -2.37. The van der Waals surface area contributed by atoms with Gasteiger partial charge in [-0.1, -0.05) is 73.7 Å². The number of aryl methyl sites for hydroxylation is 1. The average molecular weight is 498 g/mol. The maximum Gasteiger partial charge on any atom is 0.303 e. The number of hydrogen-bond donors (Lipinski definition) is 1. The van der Waals surface area contributed by atoms with Crippen LogP contribution in [0.1, 0.15) is 49.7 Å². The van der Waals surface area contributed by atoms with Crippen molar-refractivity contribution in [2.45, 2.75) is 51.0 Å². The van der Waals surface area contributed by atoms with E-state index in [0.717, 1.165) is 30.7 Å². The van der Waals surface area contributed by atoms with Crippen LogP contribution in [0.2, 0.25) is 0 Å². The molecular formula is C32H32FNO3. The fourth-order valence-electron chi connectivity index (χ4n) is 5.37. The maximum atomic E-state index is 15.5. The Morgan fingerprint density at radius 1 is 1.00 bits per heavy atom. The topological polar surface area (TPSA) is 49.8 Å². The van der Waals surface area contributed by atoms with Crippen molar-refractivity contribution < 1.29 is 19.0 Å². The number of para-hydroxylation sites is 2. The Labute approximate surface area is 217 Å². The first-order valence-corrected chi connectivity index (χ1v) is 13.0. The minimum Gasteiger partial charge on any atom is -0.486 e. The highest BCUT2D eigenvalue weighted by Crippen LogP contribution is 2.40. The highest BCUT2D eigenvalue weighted by atomic mass is 19.1. The van der Waals surface area contributed by atoms with Crippen LogP contribution in [-0.4, -0.2) is 23.7 Å². The number of carboxylic acids is 1. The van der Waals surface area contributed by atoms with E-state index in [1.54, 1.807) is 18.2 Å². The first kappa shape index (κ1) is 24.8. The van der Waals surface area contributed by atoms with E-state index < -0.39 is 5.97 Å². The fourth-order valence-corrected chi connectivity index (χ4v) is 5.37. The van der Waals surface area contributed by atoms with Gasteiger partial charge in [0.1, 0.15) is 17.7 Å². The van der Waals surface area contributed by atoms with E-state index in [1.165, 1.54) is 16.3 Å². The number of benzene rings is 4.